The van der Waals surface area contributed by atoms with Crippen LogP contribution in [-0.2, 0) is 0 Å². The average Bonchev–Trinajstić information content (AvgIpc) is 3.03. The number of hydrazine groups is 1. The predicted molar refractivity (Wildman–Crippen MR) is 91.4 cm³/mol. The zero-order valence-corrected chi connectivity index (χ0v) is 12.8. The lowest BCUT2D eigenvalue weighted by atomic mass is 10.1. The van der Waals surface area contributed by atoms with Gasteiger partial charge in [0.05, 0.1) is 16.9 Å². The van der Waals surface area contributed by atoms with E-state index in [0.29, 0.717) is 16.4 Å². The van der Waals surface area contributed by atoms with Crippen molar-refractivity contribution in [2.45, 2.75) is 0 Å². The fourth-order valence-electron chi connectivity index (χ4n) is 2.00. The SMILES string of the molecule is NC(=O)c1cc(-c2csc(NNc3ccccc3)n2)ccc1O. The fourth-order valence-corrected chi connectivity index (χ4v) is 2.68. The molecular formula is C16H14N4O2S. The van der Waals surface area contributed by atoms with Gasteiger partial charge in [-0.05, 0) is 30.3 Å². The molecule has 0 saturated heterocycles. The van der Waals surface area contributed by atoms with E-state index in [0.717, 1.165) is 5.69 Å². The topological polar surface area (TPSA) is 100 Å². The van der Waals surface area contributed by atoms with E-state index in [1.807, 2.05) is 35.7 Å². The summed E-state index contributed by atoms with van der Waals surface area (Å²) in [5, 5.41) is 12.2. The lowest BCUT2D eigenvalue weighted by Gasteiger charge is -2.06. The second-order valence-electron chi connectivity index (χ2n) is 4.75. The number of nitrogens with zero attached hydrogens (tertiary/aromatic N) is 1. The molecule has 23 heavy (non-hydrogen) atoms. The molecule has 2 aromatic carbocycles. The van der Waals surface area contributed by atoms with E-state index in [1.165, 1.54) is 23.5 Å². The van der Waals surface area contributed by atoms with Crippen LogP contribution in [0.15, 0.2) is 53.9 Å². The van der Waals surface area contributed by atoms with Gasteiger partial charge in [-0.3, -0.25) is 15.6 Å². The quantitative estimate of drug-likeness (QED) is 0.540. The van der Waals surface area contributed by atoms with Gasteiger partial charge in [-0.25, -0.2) is 4.98 Å². The highest BCUT2D eigenvalue weighted by atomic mass is 32.1. The van der Waals surface area contributed by atoms with Crippen LogP contribution in [0, 0.1) is 0 Å². The summed E-state index contributed by atoms with van der Waals surface area (Å²) < 4.78 is 0. The number of benzene rings is 2. The maximum Gasteiger partial charge on any atom is 0.252 e. The summed E-state index contributed by atoms with van der Waals surface area (Å²) in [4.78, 5) is 15.7. The molecule has 0 fully saturated rings. The van der Waals surface area contributed by atoms with Crippen molar-refractivity contribution in [1.29, 1.82) is 0 Å². The Hall–Kier alpha value is -3.06. The Labute approximate surface area is 136 Å². The summed E-state index contributed by atoms with van der Waals surface area (Å²) in [7, 11) is 0. The fraction of sp³-hybridized carbons (Fsp3) is 0. The number of thiazole rings is 1. The van der Waals surface area contributed by atoms with Crippen LogP contribution < -0.4 is 16.6 Å². The smallest absolute Gasteiger partial charge is 0.252 e. The Morgan fingerprint density at radius 1 is 1.13 bits per heavy atom. The number of carbonyl (C=O) groups is 1. The van der Waals surface area contributed by atoms with E-state index in [2.05, 4.69) is 15.8 Å². The molecule has 3 rings (SSSR count). The third-order valence-corrected chi connectivity index (χ3v) is 3.91. The van der Waals surface area contributed by atoms with Crippen LogP contribution in [0.5, 0.6) is 5.75 Å². The van der Waals surface area contributed by atoms with E-state index >= 15 is 0 Å². The van der Waals surface area contributed by atoms with Crippen molar-refractivity contribution >= 4 is 28.1 Å². The van der Waals surface area contributed by atoms with Gasteiger partial charge in [0.2, 0.25) is 5.13 Å². The van der Waals surface area contributed by atoms with E-state index in [-0.39, 0.29) is 11.3 Å². The lowest BCUT2D eigenvalue weighted by molar-refractivity contribution is 0.0998. The number of anilines is 2. The summed E-state index contributed by atoms with van der Waals surface area (Å²) in [5.41, 5.74) is 13.7. The second kappa shape index (κ2) is 6.37. The highest BCUT2D eigenvalue weighted by Gasteiger charge is 2.11. The normalized spacial score (nSPS) is 10.3. The van der Waals surface area contributed by atoms with Crippen molar-refractivity contribution in [3.8, 4) is 17.0 Å². The van der Waals surface area contributed by atoms with Gasteiger partial charge >= 0.3 is 0 Å². The Bertz CT molecular complexity index is 833. The van der Waals surface area contributed by atoms with Crippen LogP contribution in [0.4, 0.5) is 10.8 Å². The molecule has 1 amide bonds. The lowest BCUT2D eigenvalue weighted by Crippen LogP contribution is -2.11. The summed E-state index contributed by atoms with van der Waals surface area (Å²) >= 11 is 1.42. The molecule has 0 aliphatic carbocycles. The zero-order chi connectivity index (χ0) is 16.2. The van der Waals surface area contributed by atoms with Crippen LogP contribution in [0.25, 0.3) is 11.3 Å². The summed E-state index contributed by atoms with van der Waals surface area (Å²) in [5.74, 6) is -0.816. The summed E-state index contributed by atoms with van der Waals surface area (Å²) in [6.45, 7) is 0. The number of hydrogen-bond donors (Lipinski definition) is 4. The molecule has 0 radical (unpaired) electrons. The van der Waals surface area contributed by atoms with Crippen molar-refractivity contribution in [2.24, 2.45) is 5.73 Å². The van der Waals surface area contributed by atoms with E-state index in [4.69, 9.17) is 5.73 Å². The first-order valence-corrected chi connectivity index (χ1v) is 7.67. The number of aromatic nitrogens is 1. The Morgan fingerprint density at radius 3 is 2.65 bits per heavy atom. The standard InChI is InChI=1S/C16H14N4O2S/c17-15(22)12-8-10(6-7-14(12)21)13-9-23-16(18-13)20-19-11-4-2-1-3-5-11/h1-9,19,21H,(H2,17,22)(H,18,20). The number of aromatic hydroxyl groups is 1. The van der Waals surface area contributed by atoms with Gasteiger partial charge in [-0.2, -0.15) is 0 Å². The van der Waals surface area contributed by atoms with Crippen LogP contribution >= 0.6 is 11.3 Å². The van der Waals surface area contributed by atoms with Gasteiger partial charge in [0.25, 0.3) is 5.91 Å². The molecule has 116 valence electrons. The number of nitrogens with two attached hydrogens (primary N) is 1. The number of phenols is 1. The molecule has 0 atom stereocenters. The number of hydrogen-bond acceptors (Lipinski definition) is 6. The number of carbonyl (C=O) groups excluding carboxylic acids is 1. The first-order chi connectivity index (χ1) is 11.1. The van der Waals surface area contributed by atoms with Crippen molar-refractivity contribution in [2.75, 3.05) is 10.9 Å². The van der Waals surface area contributed by atoms with Crippen molar-refractivity contribution in [3.05, 3.63) is 59.5 Å². The predicted octanol–water partition coefficient (Wildman–Crippen LogP) is 3.05. The molecule has 0 spiro atoms. The Morgan fingerprint density at radius 2 is 1.91 bits per heavy atom. The van der Waals surface area contributed by atoms with Gasteiger partial charge in [-0.15, -0.1) is 11.3 Å². The zero-order valence-electron chi connectivity index (χ0n) is 12.0. The van der Waals surface area contributed by atoms with Gasteiger partial charge in [0, 0.05) is 10.9 Å². The number of para-hydroxylation sites is 1. The molecular weight excluding hydrogens is 312 g/mol. The third-order valence-electron chi connectivity index (χ3n) is 3.15. The molecule has 6 nitrogen and oxygen atoms in total. The Balaban J connectivity index is 1.77. The maximum atomic E-state index is 11.3. The minimum Gasteiger partial charge on any atom is -0.507 e. The molecule has 7 heteroatoms. The van der Waals surface area contributed by atoms with Crippen molar-refractivity contribution in [3.63, 3.8) is 0 Å². The molecule has 0 aliphatic rings. The van der Waals surface area contributed by atoms with Gasteiger partial charge in [0.15, 0.2) is 0 Å². The molecule has 1 aromatic heterocycles. The maximum absolute atomic E-state index is 11.3. The van der Waals surface area contributed by atoms with Gasteiger partial charge < -0.3 is 10.8 Å². The van der Waals surface area contributed by atoms with Crippen molar-refractivity contribution in [1.82, 2.24) is 4.98 Å². The number of nitrogens with one attached hydrogen (secondary N) is 2. The summed E-state index contributed by atoms with van der Waals surface area (Å²) in [6.07, 6.45) is 0. The molecule has 0 bridgehead atoms. The summed E-state index contributed by atoms with van der Waals surface area (Å²) in [6, 6.07) is 14.3. The molecule has 0 unspecified atom stereocenters. The van der Waals surface area contributed by atoms with E-state index < -0.39 is 5.91 Å². The van der Waals surface area contributed by atoms with E-state index in [1.54, 1.807) is 6.07 Å². The average molecular weight is 326 g/mol. The molecule has 0 saturated carbocycles. The van der Waals surface area contributed by atoms with Gasteiger partial charge in [-0.1, -0.05) is 18.2 Å². The first kappa shape index (κ1) is 14.9. The molecule has 1 heterocycles. The van der Waals surface area contributed by atoms with Crippen molar-refractivity contribution < 1.29 is 9.90 Å². The first-order valence-electron chi connectivity index (χ1n) is 6.79. The minimum atomic E-state index is -0.677. The number of rotatable bonds is 5. The van der Waals surface area contributed by atoms with Gasteiger partial charge in [0.1, 0.15) is 5.75 Å². The molecule has 3 aromatic rings. The molecule has 0 aliphatic heterocycles. The third kappa shape index (κ3) is 3.41. The highest BCUT2D eigenvalue weighted by Crippen LogP contribution is 2.28. The van der Waals surface area contributed by atoms with Crippen LogP contribution in [0.3, 0.4) is 0 Å². The van der Waals surface area contributed by atoms with Crippen LogP contribution in [0.1, 0.15) is 10.4 Å². The second-order valence-corrected chi connectivity index (χ2v) is 5.61. The number of amides is 1. The van der Waals surface area contributed by atoms with Crippen LogP contribution in [0.2, 0.25) is 0 Å². The Kier molecular flexibility index (Phi) is 4.11. The number of primary amides is 1. The molecule has 5 N–H and O–H groups in total. The van der Waals surface area contributed by atoms with E-state index in [9.17, 15) is 9.90 Å². The highest BCUT2D eigenvalue weighted by molar-refractivity contribution is 7.14. The monoisotopic (exact) mass is 326 g/mol. The minimum absolute atomic E-state index is 0.0763. The van der Waals surface area contributed by atoms with Crippen LogP contribution in [-0.4, -0.2) is 16.0 Å². The largest absolute Gasteiger partial charge is 0.507 e.